The summed E-state index contributed by atoms with van der Waals surface area (Å²) < 4.78 is 44.3. The predicted molar refractivity (Wildman–Crippen MR) is 60.8 cm³/mol. The molecule has 0 aromatic carbocycles. The van der Waals surface area contributed by atoms with Crippen molar-refractivity contribution in [1.29, 1.82) is 0 Å². The molecule has 1 aliphatic rings. The number of carboxylic acid groups (broad SMARTS) is 1. The van der Waals surface area contributed by atoms with Crippen LogP contribution in [-0.4, -0.2) is 48.4 Å². The van der Waals surface area contributed by atoms with Gasteiger partial charge < -0.3 is 15.3 Å². The maximum atomic E-state index is 12.6. The van der Waals surface area contributed by atoms with Crippen molar-refractivity contribution >= 4 is 22.4 Å². The van der Waals surface area contributed by atoms with Crippen LogP contribution < -0.4 is 10.2 Å². The first-order valence-corrected chi connectivity index (χ1v) is 5.88. The van der Waals surface area contributed by atoms with Crippen molar-refractivity contribution in [2.24, 2.45) is 0 Å². The Morgan fingerprint density at radius 1 is 1.58 bits per heavy atom. The average molecular weight is 301 g/mol. The molecule has 0 aliphatic carbocycles. The molecule has 0 spiro atoms. The topological polar surface area (TPSA) is 65.5 Å². The fourth-order valence-corrected chi connectivity index (χ4v) is 1.79. The summed E-state index contributed by atoms with van der Waals surface area (Å²) in [5, 5.41) is 10.8. The molecule has 0 amide bonds. The number of carboxylic acids is 1. The maximum absolute atomic E-state index is 12.6. The van der Waals surface area contributed by atoms with E-state index in [2.05, 4.69) is 10.3 Å². The van der Waals surface area contributed by atoms with Crippen LogP contribution in [0.25, 0.3) is 0 Å². The minimum Gasteiger partial charge on any atom is -0.475 e. The summed E-state index contributed by atoms with van der Waals surface area (Å²) in [6.45, 7) is 1.94. The second kappa shape index (κ2) is 6.15. The number of hydrogen-bond acceptors (Lipinski definition) is 5. The van der Waals surface area contributed by atoms with Gasteiger partial charge in [0.1, 0.15) is 0 Å². The number of aromatic nitrogens is 1. The third-order valence-electron chi connectivity index (χ3n) is 2.32. The standard InChI is InChI=1S/C7H10FN3S.C2HF3O2/c1-11(5-2-9-3-5)7-10-4-6(8)12-7;3-2(4,5)1(6)7/h4-5,9H,2-3H2,1H3;(H,6,7). The number of halogens is 4. The normalized spacial score (nSPS) is 15.2. The van der Waals surface area contributed by atoms with Gasteiger partial charge in [0.05, 0.1) is 12.2 Å². The summed E-state index contributed by atoms with van der Waals surface area (Å²) in [6, 6.07) is 0.482. The van der Waals surface area contributed by atoms with Crippen LogP contribution in [0.1, 0.15) is 0 Å². The van der Waals surface area contributed by atoms with Gasteiger partial charge in [-0.05, 0) is 0 Å². The summed E-state index contributed by atoms with van der Waals surface area (Å²) in [4.78, 5) is 14.9. The van der Waals surface area contributed by atoms with Gasteiger partial charge in [-0.1, -0.05) is 11.3 Å². The molecule has 0 bridgehead atoms. The maximum Gasteiger partial charge on any atom is 0.490 e. The van der Waals surface area contributed by atoms with Gasteiger partial charge in [0.25, 0.3) is 0 Å². The lowest BCUT2D eigenvalue weighted by atomic mass is 10.2. The Balaban J connectivity index is 0.000000224. The molecule has 2 heterocycles. The minimum absolute atomic E-state index is 0.218. The summed E-state index contributed by atoms with van der Waals surface area (Å²) >= 11 is 1.09. The zero-order valence-electron chi connectivity index (χ0n) is 9.74. The number of nitrogens with zero attached hydrogens (tertiary/aromatic N) is 2. The second-order valence-corrected chi connectivity index (χ2v) is 4.63. The second-order valence-electron chi connectivity index (χ2n) is 3.67. The Labute approximate surface area is 109 Å². The smallest absolute Gasteiger partial charge is 0.475 e. The minimum atomic E-state index is -5.08. The average Bonchev–Trinajstić information content (AvgIpc) is 2.61. The molecule has 0 saturated carbocycles. The Kier molecular flexibility index (Phi) is 5.06. The number of anilines is 1. The molecule has 1 fully saturated rings. The van der Waals surface area contributed by atoms with E-state index in [0.29, 0.717) is 6.04 Å². The molecular formula is C9H11F4N3O2S. The van der Waals surface area contributed by atoms with Gasteiger partial charge in [-0.2, -0.15) is 17.6 Å². The molecule has 1 aromatic heterocycles. The highest BCUT2D eigenvalue weighted by Crippen LogP contribution is 2.22. The molecule has 10 heteroatoms. The number of rotatable bonds is 2. The summed E-state index contributed by atoms with van der Waals surface area (Å²) in [5.41, 5.74) is 0. The third kappa shape index (κ3) is 4.63. The number of hydrogen-bond donors (Lipinski definition) is 2. The van der Waals surface area contributed by atoms with Crippen molar-refractivity contribution in [3.8, 4) is 0 Å². The number of alkyl halides is 3. The van der Waals surface area contributed by atoms with Gasteiger partial charge >= 0.3 is 12.1 Å². The first kappa shape index (κ1) is 15.6. The van der Waals surface area contributed by atoms with E-state index in [1.807, 2.05) is 11.9 Å². The molecule has 2 N–H and O–H groups in total. The molecule has 108 valence electrons. The quantitative estimate of drug-likeness (QED) is 0.807. The molecule has 2 rings (SSSR count). The number of carbonyl (C=O) groups is 1. The fraction of sp³-hybridized carbons (Fsp3) is 0.556. The molecule has 19 heavy (non-hydrogen) atoms. The van der Waals surface area contributed by atoms with Crippen LogP contribution in [0.5, 0.6) is 0 Å². The Morgan fingerprint density at radius 2 is 2.11 bits per heavy atom. The van der Waals surface area contributed by atoms with E-state index in [9.17, 15) is 17.6 Å². The van der Waals surface area contributed by atoms with Crippen LogP contribution in [0.3, 0.4) is 0 Å². The zero-order valence-corrected chi connectivity index (χ0v) is 10.6. The van der Waals surface area contributed by atoms with E-state index < -0.39 is 12.1 Å². The lowest BCUT2D eigenvalue weighted by molar-refractivity contribution is -0.192. The summed E-state index contributed by atoms with van der Waals surface area (Å²) in [6.07, 6.45) is -3.82. The molecule has 0 unspecified atom stereocenters. The molecule has 0 radical (unpaired) electrons. The van der Waals surface area contributed by atoms with E-state index >= 15 is 0 Å². The fourth-order valence-electron chi connectivity index (χ4n) is 1.11. The van der Waals surface area contributed by atoms with Gasteiger partial charge in [0, 0.05) is 20.1 Å². The number of nitrogens with one attached hydrogen (secondary N) is 1. The Hall–Kier alpha value is -1.42. The van der Waals surface area contributed by atoms with Crippen LogP contribution >= 0.6 is 11.3 Å². The van der Waals surface area contributed by atoms with Crippen LogP contribution in [0.15, 0.2) is 6.20 Å². The lowest BCUT2D eigenvalue weighted by Gasteiger charge is -2.35. The Bertz CT molecular complexity index is 433. The monoisotopic (exact) mass is 301 g/mol. The zero-order chi connectivity index (χ0) is 14.6. The molecule has 1 aromatic rings. The lowest BCUT2D eigenvalue weighted by Crippen LogP contribution is -2.56. The summed E-state index contributed by atoms with van der Waals surface area (Å²) in [5.74, 6) is -2.76. The SMILES string of the molecule is CN(c1ncc(F)s1)C1CNC1.O=C(O)C(F)(F)F. The van der Waals surface area contributed by atoms with Crippen molar-refractivity contribution in [2.75, 3.05) is 25.0 Å². The van der Waals surface area contributed by atoms with E-state index in [-0.39, 0.29) is 5.13 Å². The predicted octanol–water partition coefficient (Wildman–Crippen LogP) is 1.32. The van der Waals surface area contributed by atoms with Crippen molar-refractivity contribution in [3.63, 3.8) is 0 Å². The molecule has 5 nitrogen and oxygen atoms in total. The van der Waals surface area contributed by atoms with E-state index in [4.69, 9.17) is 9.90 Å². The number of thiazole rings is 1. The van der Waals surface area contributed by atoms with Gasteiger partial charge in [-0.15, -0.1) is 0 Å². The highest BCUT2D eigenvalue weighted by molar-refractivity contribution is 7.14. The van der Waals surface area contributed by atoms with Gasteiger partial charge in [-0.25, -0.2) is 9.78 Å². The Morgan fingerprint density at radius 3 is 2.37 bits per heavy atom. The first-order chi connectivity index (χ1) is 8.71. The van der Waals surface area contributed by atoms with E-state index in [0.717, 1.165) is 29.6 Å². The summed E-state index contributed by atoms with van der Waals surface area (Å²) in [7, 11) is 1.95. The van der Waals surface area contributed by atoms with Gasteiger partial charge in [-0.3, -0.25) is 0 Å². The van der Waals surface area contributed by atoms with Gasteiger partial charge in [0.15, 0.2) is 10.3 Å². The number of likely N-dealkylation sites (N-methyl/N-ethyl adjacent to an activating group) is 1. The molecule has 1 saturated heterocycles. The van der Waals surface area contributed by atoms with E-state index in [1.165, 1.54) is 6.20 Å². The van der Waals surface area contributed by atoms with Crippen LogP contribution in [0.2, 0.25) is 0 Å². The van der Waals surface area contributed by atoms with Crippen molar-refractivity contribution < 1.29 is 27.5 Å². The van der Waals surface area contributed by atoms with Gasteiger partial charge in [0.2, 0.25) is 0 Å². The number of aliphatic carboxylic acids is 1. The highest BCUT2D eigenvalue weighted by atomic mass is 32.1. The van der Waals surface area contributed by atoms with E-state index in [1.54, 1.807) is 0 Å². The van der Waals surface area contributed by atoms with Crippen LogP contribution in [0, 0.1) is 5.13 Å². The van der Waals surface area contributed by atoms with Crippen LogP contribution in [0.4, 0.5) is 22.7 Å². The van der Waals surface area contributed by atoms with Crippen molar-refractivity contribution in [3.05, 3.63) is 11.3 Å². The third-order valence-corrected chi connectivity index (χ3v) is 3.19. The van der Waals surface area contributed by atoms with Crippen molar-refractivity contribution in [2.45, 2.75) is 12.2 Å². The molecule has 1 aliphatic heterocycles. The largest absolute Gasteiger partial charge is 0.490 e. The van der Waals surface area contributed by atoms with Crippen molar-refractivity contribution in [1.82, 2.24) is 10.3 Å². The van der Waals surface area contributed by atoms with Crippen LogP contribution in [-0.2, 0) is 4.79 Å². The highest BCUT2D eigenvalue weighted by Gasteiger charge is 2.38. The molecule has 0 atom stereocenters. The molecular weight excluding hydrogens is 290 g/mol. The first-order valence-electron chi connectivity index (χ1n) is 5.07.